The lowest BCUT2D eigenvalue weighted by molar-refractivity contribution is -0.139. The number of carbonyl (C=O) groups excluding carboxylic acids is 3. The van der Waals surface area contributed by atoms with Gasteiger partial charge in [0.05, 0.1) is 23.1 Å². The minimum atomic E-state index is -0.722. The zero-order valence-electron chi connectivity index (χ0n) is 20.0. The fourth-order valence-electron chi connectivity index (χ4n) is 4.57. The number of ether oxygens (including phenoxy) is 1. The van der Waals surface area contributed by atoms with Crippen LogP contribution >= 0.6 is 22.9 Å². The van der Waals surface area contributed by atoms with Gasteiger partial charge in [-0.3, -0.25) is 14.6 Å². The summed E-state index contributed by atoms with van der Waals surface area (Å²) in [5.41, 5.74) is 1.57. The first kappa shape index (κ1) is 25.2. The second kappa shape index (κ2) is 10.8. The summed E-state index contributed by atoms with van der Waals surface area (Å²) in [6.45, 7) is 6.13. The molecule has 3 heterocycles. The molecule has 1 saturated heterocycles. The summed E-state index contributed by atoms with van der Waals surface area (Å²) in [6, 6.07) is 9.80. The highest BCUT2D eigenvalue weighted by molar-refractivity contribution is 7.12. The maximum absolute atomic E-state index is 13.2. The van der Waals surface area contributed by atoms with Gasteiger partial charge < -0.3 is 15.0 Å². The van der Waals surface area contributed by atoms with E-state index < -0.39 is 12.0 Å². The van der Waals surface area contributed by atoms with E-state index in [0.717, 1.165) is 4.88 Å². The number of piperazine rings is 1. The lowest BCUT2D eigenvalue weighted by atomic mass is 9.94. The van der Waals surface area contributed by atoms with Crippen molar-refractivity contribution in [3.05, 3.63) is 68.5 Å². The standard InChI is InChI=1S/C25H29ClN4O4S/c1-4-34-24(32)21-19(28(3)25(33)27-22(21)17-8-5-6-9-18(17)26)15-29-11-12-30(16(2)14-29)23(31)20-10-7-13-35-20/h5-10,13,16,22H,4,11-12,14-15H2,1-3H3,(H,27,33)/t16-,22+/m0/s1. The van der Waals surface area contributed by atoms with Gasteiger partial charge in [-0.05, 0) is 36.9 Å². The number of carbonyl (C=O) groups is 3. The largest absolute Gasteiger partial charge is 0.463 e. The predicted octanol–water partition coefficient (Wildman–Crippen LogP) is 3.76. The topological polar surface area (TPSA) is 82.2 Å². The van der Waals surface area contributed by atoms with E-state index in [9.17, 15) is 14.4 Å². The first-order chi connectivity index (χ1) is 16.8. The molecule has 0 unspecified atom stereocenters. The third-order valence-corrected chi connectivity index (χ3v) is 7.57. The van der Waals surface area contributed by atoms with Crippen molar-refractivity contribution in [2.45, 2.75) is 25.9 Å². The molecule has 1 aromatic heterocycles. The molecule has 2 aliphatic rings. The molecular formula is C25H29ClN4O4S. The molecule has 0 radical (unpaired) electrons. The Kier molecular flexibility index (Phi) is 7.78. The molecule has 2 aliphatic heterocycles. The number of thiophene rings is 1. The molecule has 10 heteroatoms. The van der Waals surface area contributed by atoms with Gasteiger partial charge in [0.15, 0.2) is 0 Å². The molecule has 2 atom stereocenters. The van der Waals surface area contributed by atoms with Crippen LogP contribution in [0.2, 0.25) is 5.02 Å². The molecule has 1 aromatic carbocycles. The third-order valence-electron chi connectivity index (χ3n) is 6.37. The number of hydrogen-bond acceptors (Lipinski definition) is 6. The van der Waals surface area contributed by atoms with Gasteiger partial charge in [0.1, 0.15) is 0 Å². The zero-order chi connectivity index (χ0) is 25.1. The highest BCUT2D eigenvalue weighted by atomic mass is 35.5. The van der Waals surface area contributed by atoms with Crippen molar-refractivity contribution in [2.24, 2.45) is 0 Å². The normalized spacial score (nSPS) is 21.2. The number of rotatable bonds is 6. The van der Waals surface area contributed by atoms with E-state index in [4.69, 9.17) is 16.3 Å². The second-order valence-corrected chi connectivity index (χ2v) is 9.96. The van der Waals surface area contributed by atoms with Crippen molar-refractivity contribution >= 4 is 40.8 Å². The maximum atomic E-state index is 13.2. The van der Waals surface area contributed by atoms with Crippen molar-refractivity contribution in [1.29, 1.82) is 0 Å². The van der Waals surface area contributed by atoms with Gasteiger partial charge in [-0.1, -0.05) is 35.9 Å². The Bertz CT molecular complexity index is 1140. The molecule has 0 aliphatic carbocycles. The SMILES string of the molecule is CCOC(=O)C1=C(CN2CCN(C(=O)c3cccs3)[C@@H](C)C2)N(C)C(=O)N[C@@H]1c1ccccc1Cl. The first-order valence-corrected chi connectivity index (χ1v) is 12.8. The Morgan fingerprint density at radius 2 is 1.97 bits per heavy atom. The Morgan fingerprint density at radius 3 is 2.63 bits per heavy atom. The second-order valence-electron chi connectivity index (χ2n) is 8.60. The number of amides is 3. The quantitative estimate of drug-likeness (QED) is 0.591. The molecule has 1 N–H and O–H groups in total. The summed E-state index contributed by atoms with van der Waals surface area (Å²) in [7, 11) is 1.65. The summed E-state index contributed by atoms with van der Waals surface area (Å²) in [6.07, 6.45) is 0. The average molecular weight is 517 g/mol. The summed E-state index contributed by atoms with van der Waals surface area (Å²) >= 11 is 7.89. The maximum Gasteiger partial charge on any atom is 0.338 e. The van der Waals surface area contributed by atoms with E-state index in [1.165, 1.54) is 16.2 Å². The number of benzene rings is 1. The van der Waals surface area contributed by atoms with E-state index in [0.29, 0.717) is 48.0 Å². The fourth-order valence-corrected chi connectivity index (χ4v) is 5.50. The Morgan fingerprint density at radius 1 is 1.20 bits per heavy atom. The molecule has 2 aromatic rings. The van der Waals surface area contributed by atoms with Gasteiger partial charge in [0.25, 0.3) is 5.91 Å². The Balaban J connectivity index is 1.62. The lowest BCUT2D eigenvalue weighted by Crippen LogP contribution is -2.56. The Labute approximate surface area is 214 Å². The molecular weight excluding hydrogens is 488 g/mol. The van der Waals surface area contributed by atoms with Crippen LogP contribution in [0.1, 0.15) is 35.1 Å². The van der Waals surface area contributed by atoms with Crippen LogP contribution in [0.5, 0.6) is 0 Å². The molecule has 186 valence electrons. The molecule has 0 spiro atoms. The molecule has 3 amide bonds. The summed E-state index contributed by atoms with van der Waals surface area (Å²) in [5, 5.41) is 5.26. The van der Waals surface area contributed by atoms with E-state index in [-0.39, 0.29) is 24.6 Å². The van der Waals surface area contributed by atoms with Gasteiger partial charge in [-0.2, -0.15) is 0 Å². The lowest BCUT2D eigenvalue weighted by Gasteiger charge is -2.42. The summed E-state index contributed by atoms with van der Waals surface area (Å²) in [5.74, 6) is -0.453. The van der Waals surface area contributed by atoms with Gasteiger partial charge in [-0.25, -0.2) is 9.59 Å². The zero-order valence-corrected chi connectivity index (χ0v) is 21.6. The van der Waals surface area contributed by atoms with Crippen LogP contribution in [0.3, 0.4) is 0 Å². The highest BCUT2D eigenvalue weighted by Gasteiger charge is 2.39. The number of nitrogens with zero attached hydrogens (tertiary/aromatic N) is 3. The number of likely N-dealkylation sites (N-methyl/N-ethyl adjacent to an activating group) is 1. The molecule has 4 rings (SSSR count). The van der Waals surface area contributed by atoms with Crippen LogP contribution in [-0.4, -0.2) is 78.5 Å². The minimum absolute atomic E-state index is 0.0212. The number of esters is 1. The number of hydrogen-bond donors (Lipinski definition) is 1. The average Bonchev–Trinajstić information content (AvgIpc) is 3.37. The van der Waals surface area contributed by atoms with Crippen LogP contribution < -0.4 is 5.32 Å². The molecule has 0 bridgehead atoms. The van der Waals surface area contributed by atoms with E-state index in [1.807, 2.05) is 35.4 Å². The molecule has 8 nitrogen and oxygen atoms in total. The number of nitrogens with one attached hydrogen (secondary N) is 1. The minimum Gasteiger partial charge on any atom is -0.463 e. The first-order valence-electron chi connectivity index (χ1n) is 11.6. The van der Waals surface area contributed by atoms with Crippen LogP contribution in [0.4, 0.5) is 4.79 Å². The fraction of sp³-hybridized carbons (Fsp3) is 0.400. The third kappa shape index (κ3) is 5.22. The van der Waals surface area contributed by atoms with Crippen molar-refractivity contribution in [2.75, 3.05) is 39.8 Å². The van der Waals surface area contributed by atoms with Gasteiger partial charge in [-0.15, -0.1) is 11.3 Å². The van der Waals surface area contributed by atoms with Crippen molar-refractivity contribution in [3.8, 4) is 0 Å². The number of halogens is 1. The van der Waals surface area contributed by atoms with Crippen LogP contribution in [0, 0.1) is 0 Å². The molecule has 1 fully saturated rings. The van der Waals surface area contributed by atoms with Gasteiger partial charge >= 0.3 is 12.0 Å². The Hall–Kier alpha value is -2.88. The van der Waals surface area contributed by atoms with E-state index >= 15 is 0 Å². The van der Waals surface area contributed by atoms with Crippen LogP contribution in [0.25, 0.3) is 0 Å². The highest BCUT2D eigenvalue weighted by Crippen LogP contribution is 2.35. The van der Waals surface area contributed by atoms with Crippen molar-refractivity contribution in [1.82, 2.24) is 20.0 Å². The van der Waals surface area contributed by atoms with E-state index in [1.54, 1.807) is 32.2 Å². The monoisotopic (exact) mass is 516 g/mol. The molecule has 0 saturated carbocycles. The van der Waals surface area contributed by atoms with Crippen molar-refractivity contribution < 1.29 is 19.1 Å². The van der Waals surface area contributed by atoms with E-state index in [2.05, 4.69) is 10.2 Å². The number of urea groups is 1. The molecule has 35 heavy (non-hydrogen) atoms. The van der Waals surface area contributed by atoms with Crippen LogP contribution in [-0.2, 0) is 9.53 Å². The summed E-state index contributed by atoms with van der Waals surface area (Å²) < 4.78 is 5.40. The predicted molar refractivity (Wildman–Crippen MR) is 135 cm³/mol. The van der Waals surface area contributed by atoms with Crippen LogP contribution in [0.15, 0.2) is 53.0 Å². The van der Waals surface area contributed by atoms with Gasteiger partial charge in [0, 0.05) is 50.0 Å². The van der Waals surface area contributed by atoms with Gasteiger partial charge in [0.2, 0.25) is 0 Å². The summed E-state index contributed by atoms with van der Waals surface area (Å²) in [4.78, 5) is 45.2. The van der Waals surface area contributed by atoms with Crippen molar-refractivity contribution in [3.63, 3.8) is 0 Å². The smallest absolute Gasteiger partial charge is 0.338 e.